The molecular formula is C18H15N3O2. The van der Waals surface area contributed by atoms with Gasteiger partial charge in [-0.25, -0.2) is 4.98 Å². The highest BCUT2D eigenvalue weighted by Gasteiger charge is 2.16. The number of imidazole rings is 1. The molecule has 0 saturated carbocycles. The van der Waals surface area contributed by atoms with Gasteiger partial charge in [0, 0.05) is 5.56 Å². The van der Waals surface area contributed by atoms with E-state index in [1.165, 1.54) is 0 Å². The Morgan fingerprint density at radius 1 is 1.13 bits per heavy atom. The molecule has 4 rings (SSSR count). The zero-order valence-electron chi connectivity index (χ0n) is 12.6. The highest BCUT2D eigenvalue weighted by atomic mass is 16.5. The Kier molecular flexibility index (Phi) is 3.12. The molecule has 0 aliphatic heterocycles. The van der Waals surface area contributed by atoms with E-state index in [4.69, 9.17) is 4.74 Å². The molecule has 23 heavy (non-hydrogen) atoms. The minimum atomic E-state index is 0.104. The number of benzene rings is 2. The standard InChI is InChI=1S/C18H15N3O2/c1-2-23-13-7-5-6-12(10-13)17-18(22)21-15-9-4-3-8-14(15)19-11-16(21)20-17/h3-11,22H,2H2,1H3. The van der Waals surface area contributed by atoms with Gasteiger partial charge in [-0.3, -0.25) is 9.38 Å². The van der Waals surface area contributed by atoms with Crippen LogP contribution >= 0.6 is 0 Å². The third-order valence-electron chi connectivity index (χ3n) is 3.74. The number of nitrogens with zero attached hydrogens (tertiary/aromatic N) is 3. The summed E-state index contributed by atoms with van der Waals surface area (Å²) in [6.07, 6.45) is 1.66. The molecule has 5 nitrogen and oxygen atoms in total. The van der Waals surface area contributed by atoms with Crippen LogP contribution in [0.4, 0.5) is 0 Å². The first kappa shape index (κ1) is 13.6. The van der Waals surface area contributed by atoms with Crippen molar-refractivity contribution in [3.05, 3.63) is 54.7 Å². The van der Waals surface area contributed by atoms with Gasteiger partial charge in [0.15, 0.2) is 5.65 Å². The van der Waals surface area contributed by atoms with E-state index in [1.54, 1.807) is 10.6 Å². The molecule has 0 aliphatic carbocycles. The maximum absolute atomic E-state index is 10.7. The van der Waals surface area contributed by atoms with Crippen molar-refractivity contribution in [3.63, 3.8) is 0 Å². The molecule has 114 valence electrons. The average Bonchev–Trinajstić information content (AvgIpc) is 2.93. The average molecular weight is 305 g/mol. The Bertz CT molecular complexity index is 1010. The summed E-state index contributed by atoms with van der Waals surface area (Å²) in [5.41, 5.74) is 3.56. The van der Waals surface area contributed by atoms with Gasteiger partial charge in [-0.05, 0) is 31.2 Å². The number of para-hydroxylation sites is 2. The van der Waals surface area contributed by atoms with Crippen molar-refractivity contribution in [1.82, 2.24) is 14.4 Å². The van der Waals surface area contributed by atoms with E-state index < -0.39 is 0 Å². The van der Waals surface area contributed by atoms with Crippen LogP contribution in [-0.4, -0.2) is 26.1 Å². The SMILES string of the molecule is CCOc1cccc(-c2nc3cnc4ccccc4n3c2O)c1. The number of aromatic nitrogens is 3. The van der Waals surface area contributed by atoms with Crippen molar-refractivity contribution in [3.8, 4) is 22.9 Å². The van der Waals surface area contributed by atoms with Gasteiger partial charge < -0.3 is 9.84 Å². The summed E-state index contributed by atoms with van der Waals surface area (Å²) < 4.78 is 7.24. The van der Waals surface area contributed by atoms with E-state index >= 15 is 0 Å². The van der Waals surface area contributed by atoms with E-state index in [0.29, 0.717) is 17.9 Å². The molecule has 2 aromatic heterocycles. The van der Waals surface area contributed by atoms with Crippen LogP contribution in [0.2, 0.25) is 0 Å². The minimum Gasteiger partial charge on any atom is -0.494 e. The molecule has 0 saturated heterocycles. The van der Waals surface area contributed by atoms with Crippen molar-refractivity contribution in [2.75, 3.05) is 6.61 Å². The molecule has 1 N–H and O–H groups in total. The summed E-state index contributed by atoms with van der Waals surface area (Å²) in [5, 5.41) is 10.7. The van der Waals surface area contributed by atoms with Crippen molar-refractivity contribution in [2.45, 2.75) is 6.92 Å². The Hall–Kier alpha value is -3.08. The Morgan fingerprint density at radius 3 is 2.87 bits per heavy atom. The predicted octanol–water partition coefficient (Wildman–Crippen LogP) is 3.65. The van der Waals surface area contributed by atoms with E-state index in [2.05, 4.69) is 9.97 Å². The monoisotopic (exact) mass is 305 g/mol. The van der Waals surface area contributed by atoms with Crippen LogP contribution in [-0.2, 0) is 0 Å². The minimum absolute atomic E-state index is 0.104. The summed E-state index contributed by atoms with van der Waals surface area (Å²) >= 11 is 0. The lowest BCUT2D eigenvalue weighted by atomic mass is 10.1. The summed E-state index contributed by atoms with van der Waals surface area (Å²) in [4.78, 5) is 8.91. The van der Waals surface area contributed by atoms with Crippen molar-refractivity contribution < 1.29 is 9.84 Å². The fourth-order valence-corrected chi connectivity index (χ4v) is 2.74. The molecule has 5 heteroatoms. The first-order valence-corrected chi connectivity index (χ1v) is 7.46. The van der Waals surface area contributed by atoms with E-state index in [-0.39, 0.29) is 5.88 Å². The van der Waals surface area contributed by atoms with Gasteiger partial charge in [0.1, 0.15) is 11.4 Å². The van der Waals surface area contributed by atoms with Crippen LogP contribution in [0.15, 0.2) is 54.7 Å². The Labute approximate surface area is 132 Å². The lowest BCUT2D eigenvalue weighted by Crippen LogP contribution is -1.91. The molecule has 0 fully saturated rings. The maximum Gasteiger partial charge on any atom is 0.224 e. The lowest BCUT2D eigenvalue weighted by Gasteiger charge is -2.05. The largest absolute Gasteiger partial charge is 0.494 e. The fourth-order valence-electron chi connectivity index (χ4n) is 2.74. The Morgan fingerprint density at radius 2 is 2.00 bits per heavy atom. The number of rotatable bonds is 3. The first-order valence-electron chi connectivity index (χ1n) is 7.46. The normalized spacial score (nSPS) is 11.2. The smallest absolute Gasteiger partial charge is 0.224 e. The van der Waals surface area contributed by atoms with Crippen molar-refractivity contribution >= 4 is 16.7 Å². The molecule has 0 radical (unpaired) electrons. The number of hydrogen-bond acceptors (Lipinski definition) is 4. The summed E-state index contributed by atoms with van der Waals surface area (Å²) in [7, 11) is 0. The second-order valence-corrected chi connectivity index (χ2v) is 5.19. The van der Waals surface area contributed by atoms with Gasteiger partial charge in [-0.1, -0.05) is 24.3 Å². The molecule has 0 amide bonds. The van der Waals surface area contributed by atoms with Crippen LogP contribution in [0.5, 0.6) is 11.6 Å². The zero-order chi connectivity index (χ0) is 15.8. The number of hydrogen-bond donors (Lipinski definition) is 1. The quantitative estimate of drug-likeness (QED) is 0.627. The highest BCUT2D eigenvalue weighted by molar-refractivity contribution is 5.81. The van der Waals surface area contributed by atoms with Crippen LogP contribution in [0.3, 0.4) is 0 Å². The van der Waals surface area contributed by atoms with Gasteiger partial charge in [0.05, 0.1) is 23.8 Å². The van der Waals surface area contributed by atoms with Gasteiger partial charge in [0.25, 0.3) is 0 Å². The van der Waals surface area contributed by atoms with Crippen LogP contribution < -0.4 is 4.74 Å². The van der Waals surface area contributed by atoms with Crippen LogP contribution in [0.25, 0.3) is 27.9 Å². The molecule has 2 aromatic carbocycles. The molecule has 0 spiro atoms. The second kappa shape index (κ2) is 5.28. The van der Waals surface area contributed by atoms with Crippen molar-refractivity contribution in [1.29, 1.82) is 0 Å². The predicted molar refractivity (Wildman–Crippen MR) is 88.8 cm³/mol. The van der Waals surface area contributed by atoms with Gasteiger partial charge in [-0.2, -0.15) is 0 Å². The van der Waals surface area contributed by atoms with E-state index in [9.17, 15) is 5.11 Å². The molecule has 0 aliphatic rings. The third kappa shape index (κ3) is 2.17. The van der Waals surface area contributed by atoms with Gasteiger partial charge in [-0.15, -0.1) is 0 Å². The fraction of sp³-hybridized carbons (Fsp3) is 0.111. The van der Waals surface area contributed by atoms with Crippen LogP contribution in [0.1, 0.15) is 6.92 Å². The van der Waals surface area contributed by atoms with E-state index in [0.717, 1.165) is 22.3 Å². The summed E-state index contributed by atoms with van der Waals surface area (Å²) in [6.45, 7) is 2.53. The van der Waals surface area contributed by atoms with Crippen molar-refractivity contribution in [2.24, 2.45) is 0 Å². The zero-order valence-corrected chi connectivity index (χ0v) is 12.6. The summed E-state index contributed by atoms with van der Waals surface area (Å²) in [6, 6.07) is 15.2. The van der Waals surface area contributed by atoms with Gasteiger partial charge >= 0.3 is 0 Å². The van der Waals surface area contributed by atoms with Crippen LogP contribution in [0, 0.1) is 0 Å². The van der Waals surface area contributed by atoms with Gasteiger partial charge in [0.2, 0.25) is 5.88 Å². The Balaban J connectivity index is 1.96. The number of aromatic hydroxyl groups is 1. The molecular weight excluding hydrogens is 290 g/mol. The molecule has 4 aromatic rings. The third-order valence-corrected chi connectivity index (χ3v) is 3.74. The number of ether oxygens (including phenoxy) is 1. The maximum atomic E-state index is 10.7. The topological polar surface area (TPSA) is 59.7 Å². The molecule has 0 bridgehead atoms. The molecule has 0 atom stereocenters. The first-order chi connectivity index (χ1) is 11.3. The lowest BCUT2D eigenvalue weighted by molar-refractivity contribution is 0.340. The number of fused-ring (bicyclic) bond motifs is 3. The molecule has 0 unspecified atom stereocenters. The molecule has 2 heterocycles. The van der Waals surface area contributed by atoms with E-state index in [1.807, 2.05) is 55.5 Å². The highest BCUT2D eigenvalue weighted by Crippen LogP contribution is 2.33. The summed E-state index contributed by atoms with van der Waals surface area (Å²) in [5.74, 6) is 0.858. The second-order valence-electron chi connectivity index (χ2n) is 5.19.